The molecule has 0 fully saturated rings. The van der Waals surface area contributed by atoms with Crippen LogP contribution in [0.25, 0.3) is 0 Å². The van der Waals surface area contributed by atoms with E-state index in [-0.39, 0.29) is 32.3 Å². The molecule has 64 heavy (non-hydrogen) atoms. The predicted molar refractivity (Wildman–Crippen MR) is 275 cm³/mol. The van der Waals surface area contributed by atoms with Gasteiger partial charge in [-0.05, 0) is 44.9 Å². The molecule has 0 saturated carbocycles. The van der Waals surface area contributed by atoms with E-state index in [0.29, 0.717) is 13.0 Å². The summed E-state index contributed by atoms with van der Waals surface area (Å²) in [5.41, 5.74) is 5.40. The van der Waals surface area contributed by atoms with Gasteiger partial charge in [0, 0.05) is 19.6 Å². The molecule has 0 aliphatic rings. The number of carbonyl (C=O) groups excluding carboxylic acids is 1. The van der Waals surface area contributed by atoms with Crippen molar-refractivity contribution in [3.05, 3.63) is 24.3 Å². The molecule has 0 aliphatic heterocycles. The van der Waals surface area contributed by atoms with E-state index in [1.807, 2.05) is 0 Å². The Kier molecular flexibility index (Phi) is 52.1. The predicted octanol–water partition coefficient (Wildman–Crippen LogP) is 17.5. The summed E-state index contributed by atoms with van der Waals surface area (Å²) < 4.78 is 33.7. The third-order valence-electron chi connectivity index (χ3n) is 12.4. The van der Waals surface area contributed by atoms with Crippen LogP contribution in [0.4, 0.5) is 0 Å². The highest BCUT2D eigenvalue weighted by molar-refractivity contribution is 7.47. The molecule has 0 rings (SSSR count). The van der Waals surface area contributed by atoms with Crippen LogP contribution in [0.3, 0.4) is 0 Å². The lowest BCUT2D eigenvalue weighted by Gasteiger charge is -2.20. The molecule has 0 amide bonds. The van der Waals surface area contributed by atoms with Gasteiger partial charge in [0.1, 0.15) is 6.10 Å². The maximum atomic E-state index is 12.7. The van der Waals surface area contributed by atoms with Gasteiger partial charge in [0.05, 0.1) is 19.8 Å². The van der Waals surface area contributed by atoms with Crippen molar-refractivity contribution >= 4 is 13.8 Å². The number of hydrogen-bond donors (Lipinski definition) is 2. The van der Waals surface area contributed by atoms with E-state index in [0.717, 1.165) is 38.5 Å². The molecule has 0 radical (unpaired) electrons. The van der Waals surface area contributed by atoms with Gasteiger partial charge >= 0.3 is 13.8 Å². The quantitative estimate of drug-likeness (QED) is 0.0268. The van der Waals surface area contributed by atoms with Crippen LogP contribution >= 0.6 is 7.82 Å². The van der Waals surface area contributed by atoms with Gasteiger partial charge in [-0.25, -0.2) is 4.57 Å². The van der Waals surface area contributed by atoms with Crippen LogP contribution < -0.4 is 5.73 Å². The molecule has 0 bridgehead atoms. The number of rotatable bonds is 54. The van der Waals surface area contributed by atoms with Gasteiger partial charge in [-0.1, -0.05) is 256 Å². The van der Waals surface area contributed by atoms with Crippen molar-refractivity contribution in [2.75, 3.05) is 33.0 Å². The number of esters is 1. The lowest BCUT2D eigenvalue weighted by atomic mass is 10.0. The third kappa shape index (κ3) is 52.0. The normalized spacial score (nSPS) is 13.4. The number of nitrogens with two attached hydrogens (primary N) is 1. The maximum absolute atomic E-state index is 12.7. The summed E-state index contributed by atoms with van der Waals surface area (Å²) in [6.07, 6.45) is 62.2. The summed E-state index contributed by atoms with van der Waals surface area (Å²) in [5.74, 6) is -0.326. The van der Waals surface area contributed by atoms with Crippen molar-refractivity contribution in [2.45, 2.75) is 290 Å². The Bertz CT molecular complexity index is 1040. The van der Waals surface area contributed by atoms with Crippen LogP contribution in [0.15, 0.2) is 24.3 Å². The second-order valence-electron chi connectivity index (χ2n) is 18.8. The number of ether oxygens (including phenoxy) is 2. The summed E-state index contributed by atoms with van der Waals surface area (Å²) in [5, 5.41) is 0. The molecular weight excluding hydrogens is 818 g/mol. The molecule has 0 heterocycles. The van der Waals surface area contributed by atoms with Gasteiger partial charge in [0.15, 0.2) is 0 Å². The minimum Gasteiger partial charge on any atom is -0.457 e. The summed E-state index contributed by atoms with van der Waals surface area (Å²) in [7, 11) is -4.28. The van der Waals surface area contributed by atoms with Crippen LogP contribution in [-0.4, -0.2) is 49.9 Å². The summed E-state index contributed by atoms with van der Waals surface area (Å²) >= 11 is 0. The summed E-state index contributed by atoms with van der Waals surface area (Å²) in [6.45, 7) is 4.98. The van der Waals surface area contributed by atoms with E-state index in [1.165, 1.54) is 225 Å². The molecule has 380 valence electrons. The highest BCUT2D eigenvalue weighted by Gasteiger charge is 2.25. The molecule has 2 unspecified atom stereocenters. The molecule has 0 aromatic carbocycles. The molecule has 8 nitrogen and oxygen atoms in total. The van der Waals surface area contributed by atoms with E-state index in [2.05, 4.69) is 38.2 Å². The number of phosphoric acid groups is 1. The van der Waals surface area contributed by atoms with Gasteiger partial charge < -0.3 is 20.1 Å². The molecule has 0 spiro atoms. The second kappa shape index (κ2) is 52.9. The monoisotopic (exact) mass is 926 g/mol. The van der Waals surface area contributed by atoms with Gasteiger partial charge in [-0.15, -0.1) is 0 Å². The van der Waals surface area contributed by atoms with Gasteiger partial charge in [0.2, 0.25) is 0 Å². The standard InChI is InChI=1S/C55H108NO7P/c1-3-5-7-9-11-13-15-17-19-21-23-25-27-28-30-32-34-36-38-40-42-44-46-48-55(57)63-54(53-62-64(58,59)61-51-49-56)52-60-50-47-45-43-41-39-37-35-33-31-29-26-24-22-20-18-16-14-12-10-8-6-4-2/h15,17,21,23,54H,3-14,16,18-20,22,24-53,56H2,1-2H3,(H,58,59)/b17-15-,23-21-. The van der Waals surface area contributed by atoms with Crippen LogP contribution in [0, 0.1) is 0 Å². The molecule has 9 heteroatoms. The van der Waals surface area contributed by atoms with Gasteiger partial charge in [0.25, 0.3) is 0 Å². The minimum absolute atomic E-state index is 0.0930. The first-order chi connectivity index (χ1) is 31.4. The first-order valence-corrected chi connectivity index (χ1v) is 29.3. The number of phosphoric ester groups is 1. The van der Waals surface area contributed by atoms with Crippen molar-refractivity contribution in [3.8, 4) is 0 Å². The van der Waals surface area contributed by atoms with Crippen LogP contribution in [-0.2, 0) is 27.9 Å². The van der Waals surface area contributed by atoms with E-state index in [9.17, 15) is 14.3 Å². The Morgan fingerprint density at radius 2 is 0.828 bits per heavy atom. The summed E-state index contributed by atoms with van der Waals surface area (Å²) in [4.78, 5) is 22.6. The zero-order valence-corrected chi connectivity index (χ0v) is 43.4. The SMILES string of the molecule is CCCCCCC/C=C\C/C=C\CCCCCCCCCCCCCC(=O)OC(COCCCCCCCCCCCCCCCCCCCCCCCC)COP(=O)(O)OCCN. The number of carbonyl (C=O) groups is 1. The molecule has 0 aromatic heterocycles. The Labute approximate surface area is 397 Å². The minimum atomic E-state index is -4.28. The first kappa shape index (κ1) is 63.0. The molecule has 3 N–H and O–H groups in total. The van der Waals surface area contributed by atoms with Crippen LogP contribution in [0.1, 0.15) is 284 Å². The van der Waals surface area contributed by atoms with E-state index in [4.69, 9.17) is 24.3 Å². The van der Waals surface area contributed by atoms with Crippen molar-refractivity contribution in [1.82, 2.24) is 0 Å². The average Bonchev–Trinajstić information content (AvgIpc) is 3.29. The molecule has 0 aliphatic carbocycles. The molecular formula is C55H108NO7P. The fourth-order valence-electron chi connectivity index (χ4n) is 8.27. The Morgan fingerprint density at radius 1 is 0.469 bits per heavy atom. The average molecular weight is 926 g/mol. The molecule has 0 saturated heterocycles. The Morgan fingerprint density at radius 3 is 1.22 bits per heavy atom. The first-order valence-electron chi connectivity index (χ1n) is 27.8. The van der Waals surface area contributed by atoms with Crippen molar-refractivity contribution < 1.29 is 32.8 Å². The lowest BCUT2D eigenvalue weighted by Crippen LogP contribution is -2.28. The zero-order valence-electron chi connectivity index (χ0n) is 42.5. The Balaban J connectivity index is 3.87. The molecule has 0 aromatic rings. The van der Waals surface area contributed by atoms with Gasteiger partial charge in [-0.2, -0.15) is 0 Å². The van der Waals surface area contributed by atoms with E-state index in [1.54, 1.807) is 0 Å². The largest absolute Gasteiger partial charge is 0.472 e. The lowest BCUT2D eigenvalue weighted by molar-refractivity contribution is -0.154. The van der Waals surface area contributed by atoms with Crippen molar-refractivity contribution in [2.24, 2.45) is 5.73 Å². The fourth-order valence-corrected chi connectivity index (χ4v) is 9.03. The third-order valence-corrected chi connectivity index (χ3v) is 13.4. The van der Waals surface area contributed by atoms with Crippen LogP contribution in [0.5, 0.6) is 0 Å². The highest BCUT2D eigenvalue weighted by Crippen LogP contribution is 2.43. The van der Waals surface area contributed by atoms with E-state index >= 15 is 0 Å². The Hall–Kier alpha value is -1.02. The van der Waals surface area contributed by atoms with Crippen molar-refractivity contribution in [3.63, 3.8) is 0 Å². The summed E-state index contributed by atoms with van der Waals surface area (Å²) in [6, 6.07) is 0. The maximum Gasteiger partial charge on any atom is 0.472 e. The smallest absolute Gasteiger partial charge is 0.457 e. The molecule has 2 atom stereocenters. The second-order valence-corrected chi connectivity index (χ2v) is 20.3. The van der Waals surface area contributed by atoms with Gasteiger partial charge in [-0.3, -0.25) is 13.8 Å². The topological polar surface area (TPSA) is 117 Å². The number of hydrogen-bond acceptors (Lipinski definition) is 7. The number of allylic oxidation sites excluding steroid dienone is 4. The van der Waals surface area contributed by atoms with Crippen molar-refractivity contribution in [1.29, 1.82) is 0 Å². The number of unbranched alkanes of at least 4 members (excludes halogenated alkanes) is 37. The zero-order chi connectivity index (χ0) is 46.5. The van der Waals surface area contributed by atoms with Crippen LogP contribution in [0.2, 0.25) is 0 Å². The van der Waals surface area contributed by atoms with E-state index < -0.39 is 13.9 Å². The highest BCUT2D eigenvalue weighted by atomic mass is 31.2. The fraction of sp³-hybridized carbons (Fsp3) is 0.909.